The molecule has 1 fully saturated rings. The van der Waals surface area contributed by atoms with Gasteiger partial charge in [0.2, 0.25) is 0 Å². The van der Waals surface area contributed by atoms with Gasteiger partial charge in [-0.05, 0) is 47.5 Å². The lowest BCUT2D eigenvalue weighted by Crippen LogP contribution is -2.33. The van der Waals surface area contributed by atoms with Crippen molar-refractivity contribution in [1.82, 2.24) is 15.1 Å². The molecule has 7 heteroatoms. The molecular formula is C21H19ClFN3O2. The standard InChI is InChI=1S/C21H19ClFN3O2/c22-18-11-15(21-13-24-8-10-28-21)2-1-14(18)12-20(27)19-7-9-26(25-19)17-5-3-16(23)4-6-17/h1-7,9,11,21,24H,8,10,12-13H2/t21-/m0/s1. The first-order chi connectivity index (χ1) is 13.6. The lowest BCUT2D eigenvalue weighted by atomic mass is 10.0. The van der Waals surface area contributed by atoms with Gasteiger partial charge in [-0.15, -0.1) is 0 Å². The van der Waals surface area contributed by atoms with Crippen LogP contribution in [0.2, 0.25) is 5.02 Å². The minimum atomic E-state index is -0.320. The number of hydrogen-bond donors (Lipinski definition) is 1. The summed E-state index contributed by atoms with van der Waals surface area (Å²) in [6.07, 6.45) is 1.81. The van der Waals surface area contributed by atoms with E-state index >= 15 is 0 Å². The summed E-state index contributed by atoms with van der Waals surface area (Å²) in [5.41, 5.74) is 2.76. The van der Waals surface area contributed by atoms with E-state index in [2.05, 4.69) is 10.4 Å². The van der Waals surface area contributed by atoms with Gasteiger partial charge in [-0.3, -0.25) is 4.79 Å². The molecule has 0 saturated carbocycles. The fourth-order valence-corrected chi connectivity index (χ4v) is 3.42. The van der Waals surface area contributed by atoms with Gasteiger partial charge in [0.15, 0.2) is 5.78 Å². The fraction of sp³-hybridized carbons (Fsp3) is 0.238. The highest BCUT2D eigenvalue weighted by Crippen LogP contribution is 2.26. The van der Waals surface area contributed by atoms with E-state index in [1.165, 1.54) is 12.1 Å². The molecule has 1 atom stereocenters. The Bertz CT molecular complexity index is 982. The number of aromatic nitrogens is 2. The van der Waals surface area contributed by atoms with Crippen molar-refractivity contribution in [3.8, 4) is 5.69 Å². The molecule has 1 aliphatic heterocycles. The third-order valence-corrected chi connectivity index (χ3v) is 5.05. The average molecular weight is 400 g/mol. The molecule has 2 aromatic carbocycles. The first-order valence-corrected chi connectivity index (χ1v) is 9.43. The van der Waals surface area contributed by atoms with E-state index in [9.17, 15) is 9.18 Å². The SMILES string of the molecule is O=C(Cc1ccc([C@@H]2CNCCO2)cc1Cl)c1ccn(-c2ccc(F)cc2)n1. The van der Waals surface area contributed by atoms with E-state index in [0.717, 1.165) is 24.2 Å². The van der Waals surface area contributed by atoms with E-state index in [4.69, 9.17) is 16.3 Å². The van der Waals surface area contributed by atoms with Crippen molar-refractivity contribution in [1.29, 1.82) is 0 Å². The second-order valence-electron chi connectivity index (χ2n) is 6.64. The van der Waals surface area contributed by atoms with Crippen molar-refractivity contribution in [2.75, 3.05) is 19.7 Å². The molecule has 4 rings (SSSR count). The van der Waals surface area contributed by atoms with Gasteiger partial charge in [0.25, 0.3) is 0 Å². The van der Waals surface area contributed by atoms with Crippen LogP contribution in [0.3, 0.4) is 0 Å². The first-order valence-electron chi connectivity index (χ1n) is 9.05. The molecule has 1 aromatic heterocycles. The third kappa shape index (κ3) is 4.14. The number of nitrogens with one attached hydrogen (secondary N) is 1. The zero-order valence-electron chi connectivity index (χ0n) is 15.1. The Labute approximate surface area is 167 Å². The molecule has 1 N–H and O–H groups in total. The van der Waals surface area contributed by atoms with Crippen molar-refractivity contribution < 1.29 is 13.9 Å². The van der Waals surface area contributed by atoms with Crippen LogP contribution in [-0.4, -0.2) is 35.3 Å². The van der Waals surface area contributed by atoms with Crippen molar-refractivity contribution in [2.24, 2.45) is 0 Å². The Morgan fingerprint density at radius 3 is 2.79 bits per heavy atom. The number of rotatable bonds is 5. The summed E-state index contributed by atoms with van der Waals surface area (Å²) in [5, 5.41) is 8.13. The van der Waals surface area contributed by atoms with Gasteiger partial charge in [0.05, 0.1) is 18.4 Å². The number of Topliss-reactive ketones (excluding diaryl/α,β-unsaturated/α-hetero) is 1. The Morgan fingerprint density at radius 2 is 2.07 bits per heavy atom. The smallest absolute Gasteiger partial charge is 0.187 e. The molecule has 0 bridgehead atoms. The summed E-state index contributed by atoms with van der Waals surface area (Å²) in [4.78, 5) is 12.6. The van der Waals surface area contributed by atoms with Crippen LogP contribution < -0.4 is 5.32 Å². The minimum absolute atomic E-state index is 0.0255. The largest absolute Gasteiger partial charge is 0.371 e. The topological polar surface area (TPSA) is 56.1 Å². The lowest BCUT2D eigenvalue weighted by molar-refractivity contribution is 0.0277. The van der Waals surface area contributed by atoms with Gasteiger partial charge in [-0.1, -0.05) is 23.7 Å². The van der Waals surface area contributed by atoms with Crippen molar-refractivity contribution in [2.45, 2.75) is 12.5 Å². The summed E-state index contributed by atoms with van der Waals surface area (Å²) in [5.74, 6) is -0.453. The molecule has 0 spiro atoms. The van der Waals surface area contributed by atoms with Gasteiger partial charge < -0.3 is 10.1 Å². The Hall–Kier alpha value is -2.54. The minimum Gasteiger partial charge on any atom is -0.371 e. The zero-order chi connectivity index (χ0) is 19.5. The van der Waals surface area contributed by atoms with E-state index in [-0.39, 0.29) is 24.1 Å². The van der Waals surface area contributed by atoms with Crippen LogP contribution in [0.5, 0.6) is 0 Å². The van der Waals surface area contributed by atoms with E-state index in [1.54, 1.807) is 29.1 Å². The number of halogens is 2. The van der Waals surface area contributed by atoms with Gasteiger partial charge in [-0.2, -0.15) is 5.10 Å². The van der Waals surface area contributed by atoms with E-state index in [1.807, 2.05) is 18.2 Å². The van der Waals surface area contributed by atoms with Crippen LogP contribution in [0.1, 0.15) is 27.7 Å². The summed E-state index contributed by atoms with van der Waals surface area (Å²) < 4.78 is 20.3. The Morgan fingerprint density at radius 1 is 1.25 bits per heavy atom. The van der Waals surface area contributed by atoms with E-state index in [0.29, 0.717) is 23.0 Å². The second kappa shape index (κ2) is 8.22. The number of hydrogen-bond acceptors (Lipinski definition) is 4. The molecule has 0 amide bonds. The van der Waals surface area contributed by atoms with Crippen LogP contribution in [0.4, 0.5) is 4.39 Å². The number of ketones is 1. The summed E-state index contributed by atoms with van der Waals surface area (Å²) >= 11 is 6.41. The number of nitrogens with zero attached hydrogens (tertiary/aromatic N) is 2. The van der Waals surface area contributed by atoms with Crippen LogP contribution in [0.15, 0.2) is 54.7 Å². The Kier molecular flexibility index (Phi) is 5.52. The Balaban J connectivity index is 1.47. The average Bonchev–Trinajstić information content (AvgIpc) is 3.21. The second-order valence-corrected chi connectivity index (χ2v) is 7.04. The van der Waals surface area contributed by atoms with Crippen molar-refractivity contribution in [3.63, 3.8) is 0 Å². The molecule has 1 aliphatic rings. The molecule has 1 saturated heterocycles. The maximum Gasteiger partial charge on any atom is 0.187 e. The number of ether oxygens (including phenoxy) is 1. The van der Waals surface area contributed by atoms with Crippen molar-refractivity contribution in [3.05, 3.63) is 82.4 Å². The summed E-state index contributed by atoms with van der Waals surface area (Å²) in [6, 6.07) is 13.2. The molecule has 0 radical (unpaired) electrons. The molecule has 28 heavy (non-hydrogen) atoms. The molecule has 144 valence electrons. The highest BCUT2D eigenvalue weighted by atomic mass is 35.5. The van der Waals surface area contributed by atoms with E-state index < -0.39 is 0 Å². The number of carbonyl (C=O) groups excluding carboxylic acids is 1. The van der Waals surface area contributed by atoms with Gasteiger partial charge in [-0.25, -0.2) is 9.07 Å². The summed E-state index contributed by atoms with van der Waals surface area (Å²) in [7, 11) is 0. The van der Waals surface area contributed by atoms with Gasteiger partial charge in [0.1, 0.15) is 11.5 Å². The molecule has 3 aromatic rings. The monoisotopic (exact) mass is 399 g/mol. The predicted molar refractivity (Wildman–Crippen MR) is 105 cm³/mol. The highest BCUT2D eigenvalue weighted by Gasteiger charge is 2.18. The van der Waals surface area contributed by atoms with Crippen LogP contribution in [0, 0.1) is 5.82 Å². The fourth-order valence-electron chi connectivity index (χ4n) is 3.16. The van der Waals surface area contributed by atoms with Crippen LogP contribution in [-0.2, 0) is 11.2 Å². The maximum absolute atomic E-state index is 13.1. The highest BCUT2D eigenvalue weighted by molar-refractivity contribution is 6.31. The molecule has 0 aliphatic carbocycles. The normalized spacial score (nSPS) is 16.9. The molecular weight excluding hydrogens is 381 g/mol. The zero-order valence-corrected chi connectivity index (χ0v) is 15.8. The van der Waals surface area contributed by atoms with Gasteiger partial charge in [0, 0.05) is 30.7 Å². The quantitative estimate of drug-likeness (QED) is 0.664. The number of morpholine rings is 1. The molecule has 5 nitrogen and oxygen atoms in total. The maximum atomic E-state index is 13.1. The third-order valence-electron chi connectivity index (χ3n) is 4.69. The number of carbonyl (C=O) groups is 1. The molecule has 2 heterocycles. The first kappa shape index (κ1) is 18.8. The van der Waals surface area contributed by atoms with Crippen LogP contribution in [0.25, 0.3) is 5.69 Å². The van der Waals surface area contributed by atoms with Gasteiger partial charge >= 0.3 is 0 Å². The lowest BCUT2D eigenvalue weighted by Gasteiger charge is -2.24. The predicted octanol–water partition coefficient (Wildman–Crippen LogP) is 3.75. The summed E-state index contributed by atoms with van der Waals surface area (Å²) in [6.45, 7) is 2.26. The van der Waals surface area contributed by atoms with Crippen molar-refractivity contribution >= 4 is 17.4 Å². The van der Waals surface area contributed by atoms with Crippen LogP contribution >= 0.6 is 11.6 Å². The number of benzene rings is 2. The molecule has 0 unspecified atom stereocenters.